The summed E-state index contributed by atoms with van der Waals surface area (Å²) < 4.78 is 0. The molecule has 0 spiro atoms. The number of hydrazone groups is 1. The summed E-state index contributed by atoms with van der Waals surface area (Å²) in [6, 6.07) is 10.5. The van der Waals surface area contributed by atoms with Crippen LogP contribution >= 0.6 is 0 Å². The number of ketones is 1. The summed E-state index contributed by atoms with van der Waals surface area (Å²) >= 11 is 0. The van der Waals surface area contributed by atoms with Gasteiger partial charge < -0.3 is 0 Å². The number of aliphatic imine (C=N–C) groups is 1. The molecule has 23 heavy (non-hydrogen) atoms. The van der Waals surface area contributed by atoms with Gasteiger partial charge in [-0.3, -0.25) is 14.7 Å². The fourth-order valence-electron chi connectivity index (χ4n) is 3.59. The normalized spacial score (nSPS) is 26.8. The molecule has 0 aliphatic carbocycles. The highest BCUT2D eigenvalue weighted by Crippen LogP contribution is 2.33. The minimum absolute atomic E-state index is 0.0378. The van der Waals surface area contributed by atoms with Gasteiger partial charge >= 0.3 is 0 Å². The number of carbonyl (C=O) groups is 1. The standard InChI is InChI=1S/C18H24N4O/c1-19-22-15(14-7-4-3-5-8-14)10-11-18(22)20-13-17(23)16-9-6-12-21(16)2/h3-5,7-8,15-16H,1,6,9-13H2,2H3/b20-18-. The first-order chi connectivity index (χ1) is 11.2. The van der Waals surface area contributed by atoms with Crippen LogP contribution in [0.4, 0.5) is 0 Å². The van der Waals surface area contributed by atoms with Gasteiger partial charge in [-0.05, 0) is 38.4 Å². The lowest BCUT2D eigenvalue weighted by atomic mass is 10.1. The van der Waals surface area contributed by atoms with Crippen molar-refractivity contribution in [2.45, 2.75) is 37.8 Å². The summed E-state index contributed by atoms with van der Waals surface area (Å²) in [4.78, 5) is 19.0. The zero-order valence-electron chi connectivity index (χ0n) is 13.7. The number of hydrogen-bond donors (Lipinski definition) is 0. The number of likely N-dealkylation sites (N-methyl/N-ethyl adjacent to an activating group) is 1. The molecular weight excluding hydrogens is 288 g/mol. The molecule has 5 heteroatoms. The molecule has 2 aliphatic heterocycles. The topological polar surface area (TPSA) is 48.3 Å². The van der Waals surface area contributed by atoms with Gasteiger partial charge in [-0.1, -0.05) is 30.3 Å². The molecule has 0 N–H and O–H groups in total. The first kappa shape index (κ1) is 15.9. The Bertz CT molecular complexity index is 598. The van der Waals surface area contributed by atoms with E-state index in [1.807, 2.05) is 30.3 Å². The summed E-state index contributed by atoms with van der Waals surface area (Å²) in [6.07, 6.45) is 3.85. The molecule has 0 saturated carbocycles. The van der Waals surface area contributed by atoms with Gasteiger partial charge in [0, 0.05) is 13.1 Å². The fraction of sp³-hybridized carbons (Fsp3) is 0.500. The van der Waals surface area contributed by atoms with E-state index in [4.69, 9.17) is 0 Å². The van der Waals surface area contributed by atoms with Crippen LogP contribution in [-0.4, -0.2) is 54.4 Å². The highest BCUT2D eigenvalue weighted by atomic mass is 16.1. The molecule has 2 unspecified atom stereocenters. The van der Waals surface area contributed by atoms with Gasteiger partial charge in [0.15, 0.2) is 5.78 Å². The fourth-order valence-corrected chi connectivity index (χ4v) is 3.59. The van der Waals surface area contributed by atoms with E-state index in [0.717, 1.165) is 38.1 Å². The SMILES string of the molecule is C=NN1/C(=N\CC(=O)C2CCCN2C)CCC1c1ccccc1. The number of rotatable bonds is 5. The minimum atomic E-state index is 0.0378. The molecular formula is C18H24N4O. The maximum absolute atomic E-state index is 12.3. The van der Waals surface area contributed by atoms with Crippen molar-refractivity contribution in [2.24, 2.45) is 10.1 Å². The smallest absolute Gasteiger partial charge is 0.171 e. The van der Waals surface area contributed by atoms with E-state index in [0.29, 0.717) is 0 Å². The summed E-state index contributed by atoms with van der Waals surface area (Å²) in [5.74, 6) is 1.09. The third-order valence-electron chi connectivity index (χ3n) is 4.85. The molecule has 2 atom stereocenters. The number of likely N-dealkylation sites (tertiary alicyclic amines) is 1. The quantitative estimate of drug-likeness (QED) is 0.785. The van der Waals surface area contributed by atoms with Crippen LogP contribution in [0.25, 0.3) is 0 Å². The maximum atomic E-state index is 12.3. The van der Waals surface area contributed by atoms with E-state index in [-0.39, 0.29) is 24.4 Å². The highest BCUT2D eigenvalue weighted by molar-refractivity contribution is 5.91. The highest BCUT2D eigenvalue weighted by Gasteiger charge is 2.31. The van der Waals surface area contributed by atoms with Crippen LogP contribution in [0.15, 0.2) is 40.4 Å². The summed E-state index contributed by atoms with van der Waals surface area (Å²) in [5, 5.41) is 6.02. The summed E-state index contributed by atoms with van der Waals surface area (Å²) in [7, 11) is 2.02. The second-order valence-corrected chi connectivity index (χ2v) is 6.29. The van der Waals surface area contributed by atoms with Gasteiger partial charge in [0.2, 0.25) is 0 Å². The van der Waals surface area contributed by atoms with Gasteiger partial charge in [-0.25, -0.2) is 5.01 Å². The van der Waals surface area contributed by atoms with Crippen molar-refractivity contribution in [1.29, 1.82) is 0 Å². The van der Waals surface area contributed by atoms with E-state index < -0.39 is 0 Å². The minimum Gasteiger partial charge on any atom is -0.297 e. The Balaban J connectivity index is 1.68. The van der Waals surface area contributed by atoms with Crippen LogP contribution in [0.1, 0.15) is 37.3 Å². The van der Waals surface area contributed by atoms with E-state index in [1.54, 1.807) is 0 Å². The molecule has 5 nitrogen and oxygen atoms in total. The number of carbonyl (C=O) groups excluding carboxylic acids is 1. The number of amidine groups is 1. The molecule has 0 radical (unpaired) electrons. The lowest BCUT2D eigenvalue weighted by molar-refractivity contribution is -0.121. The zero-order valence-corrected chi connectivity index (χ0v) is 13.7. The number of Topliss-reactive ketones (excluding diaryl/α,β-unsaturated/α-hetero) is 1. The van der Waals surface area contributed by atoms with Crippen LogP contribution in [-0.2, 0) is 4.79 Å². The van der Waals surface area contributed by atoms with Crippen molar-refractivity contribution in [2.75, 3.05) is 20.1 Å². The van der Waals surface area contributed by atoms with Gasteiger partial charge in [-0.15, -0.1) is 0 Å². The van der Waals surface area contributed by atoms with Crippen molar-refractivity contribution in [3.05, 3.63) is 35.9 Å². The Morgan fingerprint density at radius 1 is 1.30 bits per heavy atom. The second kappa shape index (κ2) is 7.04. The van der Waals surface area contributed by atoms with Gasteiger partial charge in [0.1, 0.15) is 12.4 Å². The number of benzene rings is 1. The molecule has 2 fully saturated rings. The molecule has 1 aromatic rings. The Morgan fingerprint density at radius 3 is 2.74 bits per heavy atom. The van der Waals surface area contributed by atoms with Crippen molar-refractivity contribution in [3.63, 3.8) is 0 Å². The zero-order chi connectivity index (χ0) is 16.2. The van der Waals surface area contributed by atoms with Crippen molar-refractivity contribution in [1.82, 2.24) is 9.91 Å². The van der Waals surface area contributed by atoms with E-state index in [1.165, 1.54) is 5.56 Å². The molecule has 2 aliphatic rings. The van der Waals surface area contributed by atoms with Gasteiger partial charge in [0.25, 0.3) is 0 Å². The first-order valence-electron chi connectivity index (χ1n) is 8.28. The Hall–Kier alpha value is -2.01. The van der Waals surface area contributed by atoms with Crippen LogP contribution in [0.2, 0.25) is 0 Å². The summed E-state index contributed by atoms with van der Waals surface area (Å²) in [6.45, 7) is 4.94. The van der Waals surface area contributed by atoms with Crippen LogP contribution in [0.3, 0.4) is 0 Å². The predicted octanol–water partition coefficient (Wildman–Crippen LogP) is 2.50. The first-order valence-corrected chi connectivity index (χ1v) is 8.28. The lowest BCUT2D eigenvalue weighted by Gasteiger charge is -2.22. The molecule has 0 amide bonds. The van der Waals surface area contributed by atoms with E-state index >= 15 is 0 Å². The lowest BCUT2D eigenvalue weighted by Crippen LogP contribution is -2.34. The molecule has 122 valence electrons. The van der Waals surface area contributed by atoms with Gasteiger partial charge in [0.05, 0.1) is 12.1 Å². The number of hydrogen-bond acceptors (Lipinski definition) is 4. The molecule has 1 aromatic carbocycles. The Morgan fingerprint density at radius 2 is 2.09 bits per heavy atom. The monoisotopic (exact) mass is 312 g/mol. The van der Waals surface area contributed by atoms with E-state index in [2.05, 4.69) is 33.8 Å². The molecule has 2 heterocycles. The molecule has 0 aromatic heterocycles. The van der Waals surface area contributed by atoms with Crippen LogP contribution in [0.5, 0.6) is 0 Å². The Kier molecular flexibility index (Phi) is 4.86. The molecule has 3 rings (SSSR count). The molecule has 0 bridgehead atoms. The third kappa shape index (κ3) is 3.34. The average molecular weight is 312 g/mol. The Labute approximate surface area is 137 Å². The van der Waals surface area contributed by atoms with Crippen molar-refractivity contribution < 1.29 is 4.79 Å². The maximum Gasteiger partial charge on any atom is 0.171 e. The number of nitrogens with zero attached hydrogens (tertiary/aromatic N) is 4. The summed E-state index contributed by atoms with van der Waals surface area (Å²) in [5.41, 5.74) is 1.21. The van der Waals surface area contributed by atoms with Crippen LogP contribution in [0, 0.1) is 0 Å². The van der Waals surface area contributed by atoms with Gasteiger partial charge in [-0.2, -0.15) is 5.10 Å². The van der Waals surface area contributed by atoms with E-state index in [9.17, 15) is 4.79 Å². The second-order valence-electron chi connectivity index (χ2n) is 6.29. The average Bonchev–Trinajstić information content (AvgIpc) is 3.19. The largest absolute Gasteiger partial charge is 0.297 e. The van der Waals surface area contributed by atoms with Crippen LogP contribution < -0.4 is 0 Å². The molecule has 2 saturated heterocycles. The van der Waals surface area contributed by atoms with Crippen molar-refractivity contribution >= 4 is 18.3 Å². The third-order valence-corrected chi connectivity index (χ3v) is 4.85. The predicted molar refractivity (Wildman–Crippen MR) is 92.8 cm³/mol. The van der Waals surface area contributed by atoms with Crippen molar-refractivity contribution in [3.8, 4) is 0 Å².